The maximum absolute atomic E-state index is 11.9. The molecule has 1 heterocycles. The Bertz CT molecular complexity index is 1110. The molecule has 1 amide bonds. The molecule has 3 N–H and O–H groups in total. The highest BCUT2D eigenvalue weighted by Crippen LogP contribution is 2.46. The van der Waals surface area contributed by atoms with Gasteiger partial charge in [0, 0.05) is 24.5 Å². The molecule has 9 heteroatoms. The Morgan fingerprint density at radius 2 is 1.80 bits per heavy atom. The highest BCUT2D eigenvalue weighted by molar-refractivity contribution is 5.96. The second-order valence-electron chi connectivity index (χ2n) is 7.77. The first kappa shape index (κ1) is 25.8. The number of hydrogen-bond acceptors (Lipinski definition) is 8. The average molecular weight is 485 g/mol. The quantitative estimate of drug-likeness (QED) is 0.311. The predicted molar refractivity (Wildman–Crippen MR) is 132 cm³/mol. The molecule has 0 fully saturated rings. The first-order valence-corrected chi connectivity index (χ1v) is 11.4. The molecule has 188 valence electrons. The molecule has 0 aromatic heterocycles. The molecule has 3 rings (SSSR count). The number of nitrogens with one attached hydrogen (secondary N) is 2. The Balaban J connectivity index is 1.50. The van der Waals surface area contributed by atoms with E-state index in [-0.39, 0.29) is 17.4 Å². The molecule has 1 aliphatic rings. The van der Waals surface area contributed by atoms with Crippen LogP contribution in [0.4, 0.5) is 5.69 Å². The predicted octanol–water partition coefficient (Wildman–Crippen LogP) is 3.26. The third-order valence-electron chi connectivity index (χ3n) is 5.57. The van der Waals surface area contributed by atoms with Crippen molar-refractivity contribution >= 4 is 11.6 Å². The number of phenols is 1. The van der Waals surface area contributed by atoms with Crippen LogP contribution in [0.2, 0.25) is 0 Å². The minimum atomic E-state index is -0.0497. The Labute approximate surface area is 205 Å². The molecule has 0 saturated heterocycles. The van der Waals surface area contributed by atoms with E-state index < -0.39 is 0 Å². The second kappa shape index (κ2) is 12.6. The second-order valence-corrected chi connectivity index (χ2v) is 7.77. The van der Waals surface area contributed by atoms with Gasteiger partial charge in [0.2, 0.25) is 17.4 Å². The van der Waals surface area contributed by atoms with Gasteiger partial charge in [-0.05, 0) is 50.6 Å². The van der Waals surface area contributed by atoms with Gasteiger partial charge in [-0.1, -0.05) is 5.92 Å². The van der Waals surface area contributed by atoms with Crippen LogP contribution in [0.1, 0.15) is 30.9 Å². The molecule has 35 heavy (non-hydrogen) atoms. The number of amides is 1. The Kier molecular flexibility index (Phi) is 9.32. The third kappa shape index (κ3) is 6.22. The largest absolute Gasteiger partial charge is 0.504 e. The molecule has 2 aromatic rings. The van der Waals surface area contributed by atoms with Crippen molar-refractivity contribution in [3.8, 4) is 46.5 Å². The molecule has 2 aromatic carbocycles. The van der Waals surface area contributed by atoms with Crippen LogP contribution in [-0.2, 0) is 17.6 Å². The zero-order chi connectivity index (χ0) is 25.2. The zero-order valence-electron chi connectivity index (χ0n) is 20.6. The zero-order valence-corrected chi connectivity index (χ0v) is 20.6. The first-order chi connectivity index (χ1) is 17.0. The Hall–Kier alpha value is -3.77. The molecule has 0 radical (unpaired) electrons. The standard InChI is InChI=1S/C26H32N2O7/c1-5-14-34-20-9-8-19(18-7-10-22(29)28-23(18)20)35-15-6-12-27-13-11-17-16-21(31-2)25(32-3)26(33-4)24(17)30/h8-9,16,27,30H,6-7,10-13,15H2,1-4H3,(H,28,29). The summed E-state index contributed by atoms with van der Waals surface area (Å²) in [5, 5.41) is 16.7. The van der Waals surface area contributed by atoms with Crippen LogP contribution in [0.25, 0.3) is 0 Å². The summed E-state index contributed by atoms with van der Waals surface area (Å²) < 4.78 is 27.4. The van der Waals surface area contributed by atoms with Crippen LogP contribution < -0.4 is 34.3 Å². The first-order valence-electron chi connectivity index (χ1n) is 11.4. The maximum Gasteiger partial charge on any atom is 0.224 e. The fourth-order valence-corrected chi connectivity index (χ4v) is 3.87. The van der Waals surface area contributed by atoms with Crippen molar-refractivity contribution in [1.29, 1.82) is 0 Å². The van der Waals surface area contributed by atoms with Crippen molar-refractivity contribution < 1.29 is 33.6 Å². The van der Waals surface area contributed by atoms with E-state index in [4.69, 9.17) is 23.7 Å². The van der Waals surface area contributed by atoms with Gasteiger partial charge in [-0.2, -0.15) is 0 Å². The number of phenolic OH excluding ortho intramolecular Hbond substituents is 1. The van der Waals surface area contributed by atoms with Crippen LogP contribution in [0.5, 0.6) is 34.5 Å². The average Bonchev–Trinajstić information content (AvgIpc) is 2.87. The number of ether oxygens (including phenoxy) is 5. The molecule has 0 unspecified atom stereocenters. The number of benzene rings is 2. The summed E-state index contributed by atoms with van der Waals surface area (Å²) >= 11 is 0. The van der Waals surface area contributed by atoms with E-state index >= 15 is 0 Å². The number of fused-ring (bicyclic) bond motifs is 1. The number of carbonyl (C=O) groups excluding carboxylic acids is 1. The van der Waals surface area contributed by atoms with E-state index in [1.54, 1.807) is 26.2 Å². The van der Waals surface area contributed by atoms with Gasteiger partial charge in [0.25, 0.3) is 0 Å². The summed E-state index contributed by atoms with van der Waals surface area (Å²) in [6.45, 7) is 3.58. The lowest BCUT2D eigenvalue weighted by Crippen LogP contribution is -2.22. The topological polar surface area (TPSA) is 108 Å². The van der Waals surface area contributed by atoms with E-state index in [2.05, 4.69) is 22.7 Å². The van der Waals surface area contributed by atoms with E-state index in [1.165, 1.54) is 14.2 Å². The summed E-state index contributed by atoms with van der Waals surface area (Å²) in [5.74, 6) is 5.06. The maximum atomic E-state index is 11.9. The van der Waals surface area contributed by atoms with Crippen molar-refractivity contribution in [2.45, 2.75) is 32.6 Å². The van der Waals surface area contributed by atoms with E-state index in [9.17, 15) is 9.90 Å². The summed E-state index contributed by atoms with van der Waals surface area (Å²) in [4.78, 5) is 11.9. The fourth-order valence-electron chi connectivity index (χ4n) is 3.87. The van der Waals surface area contributed by atoms with Crippen LogP contribution in [0.15, 0.2) is 18.2 Å². The van der Waals surface area contributed by atoms with Crippen LogP contribution >= 0.6 is 0 Å². The van der Waals surface area contributed by atoms with E-state index in [0.29, 0.717) is 60.9 Å². The Morgan fingerprint density at radius 1 is 1.03 bits per heavy atom. The van der Waals surface area contributed by atoms with Crippen LogP contribution in [0, 0.1) is 12.0 Å². The van der Waals surface area contributed by atoms with Crippen LogP contribution in [-0.4, -0.2) is 52.0 Å². The smallest absolute Gasteiger partial charge is 0.224 e. The number of carbonyl (C=O) groups is 1. The third-order valence-corrected chi connectivity index (χ3v) is 5.57. The van der Waals surface area contributed by atoms with Gasteiger partial charge in [0.15, 0.2) is 17.2 Å². The van der Waals surface area contributed by atoms with E-state index in [0.717, 1.165) is 24.3 Å². The number of rotatable bonds is 12. The van der Waals surface area contributed by atoms with Gasteiger partial charge in [-0.15, -0.1) is 0 Å². The van der Waals surface area contributed by atoms with Gasteiger partial charge < -0.3 is 39.4 Å². The molecule has 0 saturated carbocycles. The van der Waals surface area contributed by atoms with Gasteiger partial charge in [-0.25, -0.2) is 0 Å². The summed E-state index contributed by atoms with van der Waals surface area (Å²) in [7, 11) is 4.52. The van der Waals surface area contributed by atoms with Gasteiger partial charge in [0.1, 0.15) is 11.9 Å². The SMILES string of the molecule is CC#COc1ccc(OCCCNCCc2cc(OC)c(OC)c(OC)c2O)c2c1NC(=O)CC2. The lowest BCUT2D eigenvalue weighted by Gasteiger charge is -2.22. The number of hydrogen-bond donors (Lipinski definition) is 3. The van der Waals surface area contributed by atoms with Crippen molar-refractivity contribution in [2.24, 2.45) is 0 Å². The van der Waals surface area contributed by atoms with Crippen LogP contribution in [0.3, 0.4) is 0 Å². The lowest BCUT2D eigenvalue weighted by atomic mass is 10.0. The molecule has 0 aliphatic carbocycles. The van der Waals surface area contributed by atoms with Crippen molar-refractivity contribution in [1.82, 2.24) is 5.32 Å². The summed E-state index contributed by atoms with van der Waals surface area (Å²) in [6, 6.07) is 5.36. The molecule has 1 aliphatic heterocycles. The number of methoxy groups -OCH3 is 3. The number of aromatic hydroxyl groups is 1. The molecule has 9 nitrogen and oxygen atoms in total. The van der Waals surface area contributed by atoms with Gasteiger partial charge in [-0.3, -0.25) is 4.79 Å². The summed E-state index contributed by atoms with van der Waals surface area (Å²) in [6.07, 6.45) is 4.92. The molecular formula is C26H32N2O7. The monoisotopic (exact) mass is 484 g/mol. The molecule has 0 atom stereocenters. The highest BCUT2D eigenvalue weighted by atomic mass is 16.5. The van der Waals surface area contributed by atoms with Crippen molar-refractivity contribution in [3.05, 3.63) is 29.3 Å². The molecule has 0 spiro atoms. The summed E-state index contributed by atoms with van der Waals surface area (Å²) in [5.41, 5.74) is 2.25. The van der Waals surface area contributed by atoms with Crippen molar-refractivity contribution in [2.75, 3.05) is 46.3 Å². The number of anilines is 1. The normalized spacial score (nSPS) is 12.1. The van der Waals surface area contributed by atoms with Gasteiger partial charge in [0.05, 0.1) is 33.6 Å². The fraction of sp³-hybridized carbons (Fsp3) is 0.423. The van der Waals surface area contributed by atoms with Gasteiger partial charge >= 0.3 is 0 Å². The highest BCUT2D eigenvalue weighted by Gasteiger charge is 2.23. The van der Waals surface area contributed by atoms with E-state index in [1.807, 2.05) is 6.07 Å². The molecular weight excluding hydrogens is 452 g/mol. The minimum Gasteiger partial charge on any atom is -0.504 e. The Morgan fingerprint density at radius 3 is 2.51 bits per heavy atom. The lowest BCUT2D eigenvalue weighted by molar-refractivity contribution is -0.116. The molecule has 0 bridgehead atoms. The van der Waals surface area contributed by atoms with Crippen molar-refractivity contribution in [3.63, 3.8) is 0 Å². The minimum absolute atomic E-state index is 0.0458.